The van der Waals surface area contributed by atoms with Gasteiger partial charge in [-0.3, -0.25) is 9.78 Å². The van der Waals surface area contributed by atoms with Gasteiger partial charge in [0.2, 0.25) is 5.95 Å². The van der Waals surface area contributed by atoms with Gasteiger partial charge in [-0.1, -0.05) is 23.7 Å². The van der Waals surface area contributed by atoms with E-state index in [1.165, 1.54) is 11.8 Å². The number of ether oxygens (including phenoxy) is 1. The monoisotopic (exact) mass is 305 g/mol. The molecule has 1 saturated carbocycles. The highest BCUT2D eigenvalue weighted by atomic mass is 35.5. The van der Waals surface area contributed by atoms with Crippen LogP contribution in [0.5, 0.6) is 5.75 Å². The standard InChI is InChI=1S/C15H16ClN3O2/c1-21-12-4-2-3-9(7-12)10-5-11(6-10)18-15-17-8-13(16)14(20)19-15/h2-4,7-8,10-11H,5-6H2,1H3,(H2,17,18,19,20). The van der Waals surface area contributed by atoms with Crippen LogP contribution >= 0.6 is 11.6 Å². The molecule has 3 rings (SSSR count). The van der Waals surface area contributed by atoms with Gasteiger partial charge in [0.1, 0.15) is 10.8 Å². The molecule has 1 heterocycles. The van der Waals surface area contributed by atoms with Gasteiger partial charge in [-0.05, 0) is 36.5 Å². The van der Waals surface area contributed by atoms with E-state index in [1.54, 1.807) is 7.11 Å². The minimum absolute atomic E-state index is 0.100. The van der Waals surface area contributed by atoms with Crippen LogP contribution in [-0.4, -0.2) is 23.1 Å². The Balaban J connectivity index is 1.60. The van der Waals surface area contributed by atoms with E-state index >= 15 is 0 Å². The Kier molecular flexibility index (Phi) is 3.84. The molecule has 1 aliphatic rings. The van der Waals surface area contributed by atoms with E-state index in [2.05, 4.69) is 27.4 Å². The highest BCUT2D eigenvalue weighted by Crippen LogP contribution is 2.39. The molecule has 21 heavy (non-hydrogen) atoms. The summed E-state index contributed by atoms with van der Waals surface area (Å²) in [5, 5.41) is 3.32. The summed E-state index contributed by atoms with van der Waals surface area (Å²) in [7, 11) is 1.67. The predicted octanol–water partition coefficient (Wildman–Crippen LogP) is 2.79. The first-order valence-electron chi connectivity index (χ1n) is 6.81. The Morgan fingerprint density at radius 1 is 1.43 bits per heavy atom. The van der Waals surface area contributed by atoms with Crippen molar-refractivity contribution in [2.45, 2.75) is 24.8 Å². The summed E-state index contributed by atoms with van der Waals surface area (Å²) in [6, 6.07) is 8.45. The van der Waals surface area contributed by atoms with Gasteiger partial charge < -0.3 is 10.1 Å². The Hall–Kier alpha value is -2.01. The van der Waals surface area contributed by atoms with Crippen molar-refractivity contribution in [2.24, 2.45) is 0 Å². The van der Waals surface area contributed by atoms with Gasteiger partial charge in [-0.25, -0.2) is 4.98 Å². The van der Waals surface area contributed by atoms with Gasteiger partial charge in [-0.15, -0.1) is 0 Å². The predicted molar refractivity (Wildman–Crippen MR) is 82.2 cm³/mol. The Bertz CT molecular complexity index is 695. The van der Waals surface area contributed by atoms with Crippen molar-refractivity contribution in [3.63, 3.8) is 0 Å². The lowest BCUT2D eigenvalue weighted by molar-refractivity contribution is 0.368. The van der Waals surface area contributed by atoms with Crippen LogP contribution < -0.4 is 15.6 Å². The van der Waals surface area contributed by atoms with Crippen LogP contribution in [0, 0.1) is 0 Å². The molecule has 1 aromatic heterocycles. The molecule has 1 aromatic carbocycles. The fraction of sp³-hybridized carbons (Fsp3) is 0.333. The summed E-state index contributed by atoms with van der Waals surface area (Å²) in [6.45, 7) is 0. The molecule has 0 atom stereocenters. The van der Waals surface area contributed by atoms with Gasteiger partial charge >= 0.3 is 0 Å². The molecule has 6 heteroatoms. The number of H-pyrrole nitrogens is 1. The third-order valence-electron chi connectivity index (χ3n) is 3.80. The molecule has 0 unspecified atom stereocenters. The average molecular weight is 306 g/mol. The summed E-state index contributed by atoms with van der Waals surface area (Å²) in [6.07, 6.45) is 3.36. The molecule has 2 aromatic rings. The Morgan fingerprint density at radius 2 is 2.24 bits per heavy atom. The molecule has 1 aliphatic carbocycles. The summed E-state index contributed by atoms with van der Waals surface area (Å²) >= 11 is 5.65. The van der Waals surface area contributed by atoms with E-state index in [-0.39, 0.29) is 10.6 Å². The lowest BCUT2D eigenvalue weighted by atomic mass is 9.76. The van der Waals surface area contributed by atoms with Crippen LogP contribution in [0.4, 0.5) is 5.95 Å². The van der Waals surface area contributed by atoms with E-state index in [4.69, 9.17) is 16.3 Å². The zero-order valence-corrected chi connectivity index (χ0v) is 12.4. The highest BCUT2D eigenvalue weighted by molar-refractivity contribution is 6.30. The van der Waals surface area contributed by atoms with Crippen molar-refractivity contribution < 1.29 is 4.74 Å². The van der Waals surface area contributed by atoms with Crippen molar-refractivity contribution in [2.75, 3.05) is 12.4 Å². The second-order valence-electron chi connectivity index (χ2n) is 5.20. The fourth-order valence-electron chi connectivity index (χ4n) is 2.55. The zero-order chi connectivity index (χ0) is 14.8. The van der Waals surface area contributed by atoms with E-state index in [9.17, 15) is 4.79 Å². The normalized spacial score (nSPS) is 20.7. The van der Waals surface area contributed by atoms with E-state index in [0.717, 1.165) is 18.6 Å². The van der Waals surface area contributed by atoms with Crippen LogP contribution in [0.15, 0.2) is 35.3 Å². The second kappa shape index (κ2) is 5.77. The van der Waals surface area contributed by atoms with Crippen molar-refractivity contribution in [3.8, 4) is 5.75 Å². The Labute approximate surface area is 127 Å². The summed E-state index contributed by atoms with van der Waals surface area (Å²) < 4.78 is 5.24. The summed E-state index contributed by atoms with van der Waals surface area (Å²) in [5.74, 6) is 1.86. The maximum absolute atomic E-state index is 11.4. The van der Waals surface area contributed by atoms with Crippen molar-refractivity contribution in [1.29, 1.82) is 0 Å². The molecule has 2 N–H and O–H groups in total. The number of nitrogens with one attached hydrogen (secondary N) is 2. The number of halogens is 1. The van der Waals surface area contributed by atoms with Crippen LogP contribution in [0.25, 0.3) is 0 Å². The summed E-state index contributed by atoms with van der Waals surface area (Å²) in [4.78, 5) is 18.1. The zero-order valence-electron chi connectivity index (χ0n) is 11.6. The minimum atomic E-state index is -0.321. The van der Waals surface area contributed by atoms with E-state index < -0.39 is 0 Å². The molecule has 0 spiro atoms. The molecule has 0 radical (unpaired) electrons. The first-order chi connectivity index (χ1) is 10.2. The largest absolute Gasteiger partial charge is 0.497 e. The number of hydrogen-bond acceptors (Lipinski definition) is 4. The average Bonchev–Trinajstić information content (AvgIpc) is 2.46. The van der Waals surface area contributed by atoms with Crippen LogP contribution in [0.2, 0.25) is 5.02 Å². The number of rotatable bonds is 4. The van der Waals surface area contributed by atoms with Gasteiger partial charge in [-0.2, -0.15) is 0 Å². The highest BCUT2D eigenvalue weighted by Gasteiger charge is 2.30. The van der Waals surface area contributed by atoms with Gasteiger partial charge in [0.25, 0.3) is 5.56 Å². The van der Waals surface area contributed by atoms with E-state index in [1.807, 2.05) is 12.1 Å². The minimum Gasteiger partial charge on any atom is -0.497 e. The smallest absolute Gasteiger partial charge is 0.271 e. The number of nitrogens with zero attached hydrogens (tertiary/aromatic N) is 1. The number of benzene rings is 1. The lowest BCUT2D eigenvalue weighted by Crippen LogP contribution is -2.35. The molecule has 1 fully saturated rings. The number of aromatic amines is 1. The molecule has 5 nitrogen and oxygen atoms in total. The SMILES string of the molecule is COc1cccc(C2CC(Nc3ncc(Cl)c(=O)[nH]3)C2)c1. The second-order valence-corrected chi connectivity index (χ2v) is 5.60. The number of aromatic nitrogens is 2. The molecule has 0 aliphatic heterocycles. The molecule has 0 saturated heterocycles. The lowest BCUT2D eigenvalue weighted by Gasteiger charge is -2.36. The first-order valence-corrected chi connectivity index (χ1v) is 7.19. The number of anilines is 1. The van der Waals surface area contributed by atoms with Crippen LogP contribution in [0.3, 0.4) is 0 Å². The molecule has 0 amide bonds. The topological polar surface area (TPSA) is 67.0 Å². The number of hydrogen-bond donors (Lipinski definition) is 2. The molecular weight excluding hydrogens is 290 g/mol. The fourth-order valence-corrected chi connectivity index (χ4v) is 2.65. The molecule has 0 bridgehead atoms. The molecule has 110 valence electrons. The van der Waals surface area contributed by atoms with Crippen molar-refractivity contribution in [1.82, 2.24) is 9.97 Å². The van der Waals surface area contributed by atoms with Crippen molar-refractivity contribution in [3.05, 3.63) is 51.4 Å². The maximum Gasteiger partial charge on any atom is 0.271 e. The molecular formula is C15H16ClN3O2. The van der Waals surface area contributed by atoms with E-state index in [0.29, 0.717) is 17.9 Å². The first kappa shape index (κ1) is 13.9. The quantitative estimate of drug-likeness (QED) is 0.911. The van der Waals surface area contributed by atoms with Crippen molar-refractivity contribution >= 4 is 17.5 Å². The summed E-state index contributed by atoms with van der Waals surface area (Å²) in [5.41, 5.74) is 0.961. The van der Waals surface area contributed by atoms with Gasteiger partial charge in [0, 0.05) is 6.04 Å². The van der Waals surface area contributed by atoms with Gasteiger partial charge in [0.15, 0.2) is 0 Å². The third kappa shape index (κ3) is 3.03. The Morgan fingerprint density at radius 3 is 2.95 bits per heavy atom. The number of methoxy groups -OCH3 is 1. The van der Waals surface area contributed by atoms with Gasteiger partial charge in [0.05, 0.1) is 13.3 Å². The van der Waals surface area contributed by atoms with Crippen LogP contribution in [-0.2, 0) is 0 Å². The maximum atomic E-state index is 11.4. The van der Waals surface area contributed by atoms with Crippen LogP contribution in [0.1, 0.15) is 24.3 Å². The third-order valence-corrected chi connectivity index (χ3v) is 4.07.